The van der Waals surface area contributed by atoms with Gasteiger partial charge in [0, 0.05) is 24.1 Å². The summed E-state index contributed by atoms with van der Waals surface area (Å²) in [6.07, 6.45) is 3.95. The van der Waals surface area contributed by atoms with Gasteiger partial charge in [0.1, 0.15) is 5.69 Å². The monoisotopic (exact) mass is 418 g/mol. The first-order valence-electron chi connectivity index (χ1n) is 9.41. The van der Waals surface area contributed by atoms with Crippen LogP contribution in [0.15, 0.2) is 36.5 Å². The van der Waals surface area contributed by atoms with Crippen molar-refractivity contribution in [2.45, 2.75) is 32.7 Å². The molecule has 7 nitrogen and oxygen atoms in total. The summed E-state index contributed by atoms with van der Waals surface area (Å²) >= 11 is 0. The summed E-state index contributed by atoms with van der Waals surface area (Å²) < 4.78 is 18.0. The fourth-order valence-electron chi connectivity index (χ4n) is 3.55. The topological polar surface area (TPSA) is 76.8 Å². The van der Waals surface area contributed by atoms with Gasteiger partial charge in [-0.15, -0.1) is 12.4 Å². The first-order chi connectivity index (χ1) is 13.5. The number of hydrogen-bond donors (Lipinski definition) is 2. The van der Waals surface area contributed by atoms with E-state index in [9.17, 15) is 9.18 Å². The van der Waals surface area contributed by atoms with Crippen LogP contribution < -0.4 is 10.6 Å². The molecule has 0 aliphatic carbocycles. The van der Waals surface area contributed by atoms with Gasteiger partial charge in [0.15, 0.2) is 11.5 Å². The summed E-state index contributed by atoms with van der Waals surface area (Å²) in [5, 5.41) is 14.7. The fourth-order valence-corrected chi connectivity index (χ4v) is 3.55. The molecule has 0 saturated carbocycles. The predicted molar refractivity (Wildman–Crippen MR) is 112 cm³/mol. The number of amides is 1. The zero-order valence-corrected chi connectivity index (χ0v) is 17.2. The Bertz CT molecular complexity index is 1010. The summed E-state index contributed by atoms with van der Waals surface area (Å²) in [6.45, 7) is 5.60. The maximum atomic E-state index is 14.6. The Morgan fingerprint density at radius 2 is 2.07 bits per heavy atom. The predicted octanol–water partition coefficient (Wildman–Crippen LogP) is 3.42. The van der Waals surface area contributed by atoms with E-state index in [1.165, 1.54) is 6.07 Å². The van der Waals surface area contributed by atoms with Gasteiger partial charge in [-0.2, -0.15) is 10.2 Å². The van der Waals surface area contributed by atoms with E-state index in [-0.39, 0.29) is 24.4 Å². The van der Waals surface area contributed by atoms with Gasteiger partial charge in [0.25, 0.3) is 5.91 Å². The van der Waals surface area contributed by atoms with Crippen LogP contribution in [0.3, 0.4) is 0 Å². The third-order valence-corrected chi connectivity index (χ3v) is 4.93. The third kappa shape index (κ3) is 4.49. The van der Waals surface area contributed by atoms with Crippen molar-refractivity contribution >= 4 is 24.0 Å². The molecule has 3 aromatic rings. The molecule has 1 amide bonds. The Morgan fingerprint density at radius 3 is 2.72 bits per heavy atom. The maximum absolute atomic E-state index is 14.6. The van der Waals surface area contributed by atoms with Crippen molar-refractivity contribution in [3.8, 4) is 5.69 Å². The normalized spacial score (nSPS) is 16.3. The minimum absolute atomic E-state index is 0. The highest BCUT2D eigenvalue weighted by molar-refractivity contribution is 6.02. The lowest BCUT2D eigenvalue weighted by Gasteiger charge is -2.22. The third-order valence-electron chi connectivity index (χ3n) is 4.93. The first-order valence-corrected chi connectivity index (χ1v) is 9.41. The van der Waals surface area contributed by atoms with E-state index < -0.39 is 5.82 Å². The molecular formula is C20H24ClFN6O. The average Bonchev–Trinajstić information content (AvgIpc) is 3.29. The second kappa shape index (κ2) is 8.75. The van der Waals surface area contributed by atoms with Crippen LogP contribution in [0, 0.1) is 19.7 Å². The van der Waals surface area contributed by atoms with Gasteiger partial charge in [-0.25, -0.2) is 9.07 Å². The quantitative estimate of drug-likeness (QED) is 0.680. The molecule has 2 N–H and O–H groups in total. The van der Waals surface area contributed by atoms with Crippen molar-refractivity contribution < 1.29 is 9.18 Å². The molecule has 2 aromatic heterocycles. The Morgan fingerprint density at radius 1 is 1.24 bits per heavy atom. The SMILES string of the molecule is Cc1cc(C)n(-c2ccc(NC(=O)c3ccn(C4CCCNC4)n3)cc2F)n1.Cl. The Balaban J connectivity index is 0.00000240. The molecule has 1 saturated heterocycles. The van der Waals surface area contributed by atoms with Crippen molar-refractivity contribution in [2.24, 2.45) is 0 Å². The van der Waals surface area contributed by atoms with E-state index in [1.807, 2.05) is 30.8 Å². The van der Waals surface area contributed by atoms with Crippen LogP contribution in [-0.4, -0.2) is 38.6 Å². The van der Waals surface area contributed by atoms with E-state index in [2.05, 4.69) is 20.8 Å². The highest BCUT2D eigenvalue weighted by Gasteiger charge is 2.18. The number of nitrogens with one attached hydrogen (secondary N) is 2. The highest BCUT2D eigenvalue weighted by Crippen LogP contribution is 2.21. The number of carbonyl (C=O) groups excluding carboxylic acids is 1. The molecular weight excluding hydrogens is 395 g/mol. The van der Waals surface area contributed by atoms with E-state index in [0.717, 1.165) is 37.3 Å². The standard InChI is InChI=1S/C20H23FN6O.ClH/c1-13-10-14(2)27(24-13)19-6-5-15(11-17(19)21)23-20(28)18-7-9-26(25-18)16-4-3-8-22-12-16;/h5-7,9-11,16,22H,3-4,8,12H2,1-2H3,(H,23,28);1H. The smallest absolute Gasteiger partial charge is 0.276 e. The number of carbonyl (C=O) groups is 1. The molecule has 9 heteroatoms. The highest BCUT2D eigenvalue weighted by atomic mass is 35.5. The molecule has 3 heterocycles. The van der Waals surface area contributed by atoms with Crippen molar-refractivity contribution in [3.05, 3.63) is 59.4 Å². The zero-order valence-electron chi connectivity index (χ0n) is 16.4. The first kappa shape index (κ1) is 21.0. The van der Waals surface area contributed by atoms with Crippen LogP contribution in [-0.2, 0) is 0 Å². The number of aryl methyl sites for hydroxylation is 2. The summed E-state index contributed by atoms with van der Waals surface area (Å²) in [4.78, 5) is 12.5. The molecule has 0 spiro atoms. The van der Waals surface area contributed by atoms with Crippen LogP contribution >= 0.6 is 12.4 Å². The van der Waals surface area contributed by atoms with Crippen LogP contribution in [0.5, 0.6) is 0 Å². The molecule has 154 valence electrons. The molecule has 0 radical (unpaired) electrons. The van der Waals surface area contributed by atoms with E-state index in [4.69, 9.17) is 0 Å². The number of piperidine rings is 1. The molecule has 1 fully saturated rings. The lowest BCUT2D eigenvalue weighted by Crippen LogP contribution is -2.32. The minimum atomic E-state index is -0.456. The Kier molecular flexibility index (Phi) is 6.34. The summed E-state index contributed by atoms with van der Waals surface area (Å²) in [5.41, 5.74) is 2.70. The van der Waals surface area contributed by atoms with Gasteiger partial charge < -0.3 is 10.6 Å². The number of anilines is 1. The summed E-state index contributed by atoms with van der Waals surface area (Å²) in [6, 6.07) is 8.39. The molecule has 1 aromatic carbocycles. The molecule has 1 unspecified atom stereocenters. The molecule has 1 atom stereocenters. The van der Waals surface area contributed by atoms with Gasteiger partial charge in [-0.05, 0) is 63.6 Å². The number of rotatable bonds is 4. The summed E-state index contributed by atoms with van der Waals surface area (Å²) in [5.74, 6) is -0.816. The minimum Gasteiger partial charge on any atom is -0.320 e. The number of aromatic nitrogens is 4. The summed E-state index contributed by atoms with van der Waals surface area (Å²) in [7, 11) is 0. The molecule has 0 bridgehead atoms. The van der Waals surface area contributed by atoms with Gasteiger partial charge in [0.2, 0.25) is 0 Å². The molecule has 1 aliphatic heterocycles. The van der Waals surface area contributed by atoms with Gasteiger partial charge in [-0.1, -0.05) is 0 Å². The molecule has 29 heavy (non-hydrogen) atoms. The van der Waals surface area contributed by atoms with Gasteiger partial charge in [0.05, 0.1) is 11.7 Å². The largest absolute Gasteiger partial charge is 0.320 e. The Hall–Kier alpha value is -2.71. The molecule has 4 rings (SSSR count). The second-order valence-electron chi connectivity index (χ2n) is 7.14. The van der Waals surface area contributed by atoms with E-state index in [1.54, 1.807) is 22.9 Å². The maximum Gasteiger partial charge on any atom is 0.276 e. The number of nitrogens with zero attached hydrogens (tertiary/aromatic N) is 4. The van der Waals surface area contributed by atoms with E-state index >= 15 is 0 Å². The average molecular weight is 419 g/mol. The van der Waals surface area contributed by atoms with Gasteiger partial charge >= 0.3 is 0 Å². The van der Waals surface area contributed by atoms with E-state index in [0.29, 0.717) is 17.1 Å². The van der Waals surface area contributed by atoms with Gasteiger partial charge in [-0.3, -0.25) is 9.48 Å². The molecule has 1 aliphatic rings. The fraction of sp³-hybridized carbons (Fsp3) is 0.350. The number of benzene rings is 1. The second-order valence-corrected chi connectivity index (χ2v) is 7.14. The number of halogens is 2. The van der Waals surface area contributed by atoms with Crippen molar-refractivity contribution in [3.63, 3.8) is 0 Å². The van der Waals surface area contributed by atoms with Crippen LogP contribution in [0.1, 0.15) is 40.8 Å². The lowest BCUT2D eigenvalue weighted by molar-refractivity contribution is 0.102. The van der Waals surface area contributed by atoms with Crippen LogP contribution in [0.25, 0.3) is 5.69 Å². The van der Waals surface area contributed by atoms with Crippen molar-refractivity contribution in [1.29, 1.82) is 0 Å². The Labute approximate surface area is 174 Å². The van der Waals surface area contributed by atoms with Crippen LogP contribution in [0.4, 0.5) is 10.1 Å². The van der Waals surface area contributed by atoms with Crippen LogP contribution in [0.2, 0.25) is 0 Å². The van der Waals surface area contributed by atoms with Crippen molar-refractivity contribution in [2.75, 3.05) is 18.4 Å². The lowest BCUT2D eigenvalue weighted by atomic mass is 10.1. The zero-order chi connectivity index (χ0) is 19.7. The number of hydrogen-bond acceptors (Lipinski definition) is 4. The van der Waals surface area contributed by atoms with Crippen molar-refractivity contribution in [1.82, 2.24) is 24.9 Å².